The highest BCUT2D eigenvalue weighted by molar-refractivity contribution is 5.83. The lowest BCUT2D eigenvalue weighted by molar-refractivity contribution is 0.246. The lowest BCUT2D eigenvalue weighted by Crippen LogP contribution is -2.46. The normalized spacial score (nSPS) is 13.7. The van der Waals surface area contributed by atoms with E-state index in [4.69, 9.17) is 0 Å². The van der Waals surface area contributed by atoms with Crippen LogP contribution < -0.4 is 21.3 Å². The van der Waals surface area contributed by atoms with E-state index in [1.54, 1.807) is 30.1 Å². The first kappa shape index (κ1) is 31.1. The number of nitrogens with one attached hydrogen (secondary N) is 2. The van der Waals surface area contributed by atoms with Crippen LogP contribution >= 0.6 is 0 Å². The third-order valence-corrected chi connectivity index (χ3v) is 9.17. The summed E-state index contributed by atoms with van der Waals surface area (Å²) in [6.07, 6.45) is 3.70. The average molecular weight is 669 g/mol. The number of H-pyrrole nitrogens is 1. The topological polar surface area (TPSA) is 130 Å². The maximum absolute atomic E-state index is 15.0. The van der Waals surface area contributed by atoms with Gasteiger partial charge in [0.1, 0.15) is 11.2 Å². The first-order valence-corrected chi connectivity index (χ1v) is 16.4. The first-order chi connectivity index (χ1) is 24.4. The van der Waals surface area contributed by atoms with Crippen LogP contribution in [-0.4, -0.2) is 65.6 Å². The van der Waals surface area contributed by atoms with Crippen molar-refractivity contribution >= 4 is 39.1 Å². The van der Waals surface area contributed by atoms with E-state index in [0.29, 0.717) is 46.7 Å². The van der Waals surface area contributed by atoms with Crippen LogP contribution in [-0.2, 0) is 20.0 Å². The Morgan fingerprint density at radius 3 is 2.42 bits per heavy atom. The number of piperazine rings is 1. The summed E-state index contributed by atoms with van der Waals surface area (Å²) in [6, 6.07) is 26.2. The number of anilines is 3. The molecule has 7 aromatic rings. The van der Waals surface area contributed by atoms with Gasteiger partial charge in [0.05, 0.1) is 11.1 Å². The third-order valence-electron chi connectivity index (χ3n) is 9.17. The minimum Gasteiger partial charge on any atom is -0.369 e. The Kier molecular flexibility index (Phi) is 8.09. The van der Waals surface area contributed by atoms with Crippen molar-refractivity contribution < 1.29 is 4.39 Å². The number of rotatable bonds is 8. The standard InChI is InChI=1S/C37H33FN10O2/c1-45-36(50)30-22-40-37(42-34(30)48(45)33-8-4-5-15-39-33)41-26-10-12-27(13-11-26)47-18-16-46(17-19-47)23-25-20-24(9-14-31(25)38)21-32-28-6-2-3-7-29(28)35(49)44-43-32/h2-15,20,22H,16-19,21,23H2,1H3,(H,44,49)(H,40,41,42). The SMILES string of the molecule is Cn1c(=O)c2cnc(Nc3ccc(N4CCN(Cc5cc(Cc6n[nH]c(=O)c7ccccc67)ccc5F)CC4)cc3)nc2n1-c1ccccn1. The molecule has 1 aliphatic heterocycles. The second kappa shape index (κ2) is 13.0. The monoisotopic (exact) mass is 668 g/mol. The second-order valence-electron chi connectivity index (χ2n) is 12.3. The predicted octanol–water partition coefficient (Wildman–Crippen LogP) is 4.55. The summed E-state index contributed by atoms with van der Waals surface area (Å²) in [5, 5.41) is 11.9. The molecule has 13 heteroatoms. The van der Waals surface area contributed by atoms with Gasteiger partial charge in [-0.2, -0.15) is 10.1 Å². The van der Waals surface area contributed by atoms with Crippen LogP contribution in [0.4, 0.5) is 21.7 Å². The molecule has 1 fully saturated rings. The van der Waals surface area contributed by atoms with Crippen molar-refractivity contribution in [2.45, 2.75) is 13.0 Å². The minimum atomic E-state index is -0.228. The summed E-state index contributed by atoms with van der Waals surface area (Å²) in [5.74, 6) is 0.728. The maximum Gasteiger partial charge on any atom is 0.277 e. The Morgan fingerprint density at radius 1 is 0.860 bits per heavy atom. The summed E-state index contributed by atoms with van der Waals surface area (Å²) in [5.41, 5.74) is 4.29. The summed E-state index contributed by atoms with van der Waals surface area (Å²) in [6.45, 7) is 3.70. The number of halogens is 1. The fourth-order valence-corrected chi connectivity index (χ4v) is 6.54. The van der Waals surface area contributed by atoms with Crippen LogP contribution in [0.15, 0.2) is 107 Å². The van der Waals surface area contributed by atoms with E-state index in [2.05, 4.69) is 52.4 Å². The number of nitrogens with zero attached hydrogens (tertiary/aromatic N) is 8. The predicted molar refractivity (Wildman–Crippen MR) is 191 cm³/mol. The summed E-state index contributed by atoms with van der Waals surface area (Å²) >= 11 is 0. The van der Waals surface area contributed by atoms with Crippen molar-refractivity contribution in [2.24, 2.45) is 7.05 Å². The van der Waals surface area contributed by atoms with E-state index in [9.17, 15) is 14.0 Å². The molecule has 1 aliphatic rings. The number of aromatic nitrogens is 7. The number of hydrogen-bond acceptors (Lipinski definition) is 9. The zero-order valence-electron chi connectivity index (χ0n) is 27.3. The van der Waals surface area contributed by atoms with Gasteiger partial charge in [-0.15, -0.1) is 0 Å². The number of hydrogen-bond donors (Lipinski definition) is 2. The highest BCUT2D eigenvalue weighted by atomic mass is 19.1. The summed E-state index contributed by atoms with van der Waals surface area (Å²) < 4.78 is 18.1. The van der Waals surface area contributed by atoms with Gasteiger partial charge in [0.25, 0.3) is 11.1 Å². The van der Waals surface area contributed by atoms with Gasteiger partial charge < -0.3 is 10.2 Å². The van der Waals surface area contributed by atoms with Crippen molar-refractivity contribution in [3.05, 3.63) is 141 Å². The molecule has 12 nitrogen and oxygen atoms in total. The molecule has 0 saturated carbocycles. The molecule has 0 atom stereocenters. The van der Waals surface area contributed by atoms with Gasteiger partial charge in [0.15, 0.2) is 11.5 Å². The quantitative estimate of drug-likeness (QED) is 0.240. The molecule has 0 amide bonds. The van der Waals surface area contributed by atoms with Gasteiger partial charge in [-0.1, -0.05) is 36.4 Å². The molecule has 0 bridgehead atoms. The van der Waals surface area contributed by atoms with Gasteiger partial charge in [0.2, 0.25) is 5.95 Å². The van der Waals surface area contributed by atoms with Gasteiger partial charge in [0, 0.05) is 80.9 Å². The van der Waals surface area contributed by atoms with E-state index in [-0.39, 0.29) is 16.9 Å². The number of pyridine rings is 1. The Morgan fingerprint density at radius 2 is 1.64 bits per heavy atom. The molecule has 2 N–H and O–H groups in total. The largest absolute Gasteiger partial charge is 0.369 e. The summed E-state index contributed by atoms with van der Waals surface area (Å²) in [4.78, 5) is 43.0. The zero-order chi connectivity index (χ0) is 34.2. The fraction of sp³-hybridized carbons (Fsp3) is 0.189. The van der Waals surface area contributed by atoms with Crippen LogP contribution in [0.2, 0.25) is 0 Å². The van der Waals surface area contributed by atoms with Crippen LogP contribution in [0.25, 0.3) is 27.6 Å². The molecule has 1 saturated heterocycles. The van der Waals surface area contributed by atoms with Crippen molar-refractivity contribution in [3.63, 3.8) is 0 Å². The molecule has 250 valence electrons. The van der Waals surface area contributed by atoms with Crippen molar-refractivity contribution in [3.8, 4) is 5.82 Å². The lowest BCUT2D eigenvalue weighted by Gasteiger charge is -2.36. The molecular formula is C37H33FN10O2. The van der Waals surface area contributed by atoms with E-state index in [1.807, 2.05) is 54.6 Å². The van der Waals surface area contributed by atoms with E-state index < -0.39 is 0 Å². The maximum atomic E-state index is 15.0. The molecule has 50 heavy (non-hydrogen) atoms. The van der Waals surface area contributed by atoms with Crippen molar-refractivity contribution in [1.29, 1.82) is 0 Å². The molecule has 4 aromatic heterocycles. The molecule has 5 heterocycles. The molecule has 0 aliphatic carbocycles. The number of aromatic amines is 1. The average Bonchev–Trinajstić information content (AvgIpc) is 3.40. The summed E-state index contributed by atoms with van der Waals surface area (Å²) in [7, 11) is 1.68. The third kappa shape index (κ3) is 5.98. The fourth-order valence-electron chi connectivity index (χ4n) is 6.54. The molecule has 0 radical (unpaired) electrons. The van der Waals surface area contributed by atoms with Crippen LogP contribution in [0.5, 0.6) is 0 Å². The first-order valence-electron chi connectivity index (χ1n) is 16.4. The highest BCUT2D eigenvalue weighted by Crippen LogP contribution is 2.24. The second-order valence-corrected chi connectivity index (χ2v) is 12.3. The lowest BCUT2D eigenvalue weighted by atomic mass is 10.0. The zero-order valence-corrected chi connectivity index (χ0v) is 27.3. The van der Waals surface area contributed by atoms with Crippen LogP contribution in [0.3, 0.4) is 0 Å². The van der Waals surface area contributed by atoms with E-state index in [1.165, 1.54) is 16.9 Å². The van der Waals surface area contributed by atoms with Crippen molar-refractivity contribution in [2.75, 3.05) is 36.4 Å². The molecule has 3 aromatic carbocycles. The number of fused-ring (bicyclic) bond motifs is 2. The van der Waals surface area contributed by atoms with Gasteiger partial charge in [-0.3, -0.25) is 14.5 Å². The van der Waals surface area contributed by atoms with Crippen molar-refractivity contribution in [1.82, 2.24) is 39.4 Å². The molecule has 0 unspecified atom stereocenters. The highest BCUT2D eigenvalue weighted by Gasteiger charge is 2.20. The van der Waals surface area contributed by atoms with Crippen LogP contribution in [0.1, 0.15) is 16.8 Å². The molecule has 8 rings (SSSR count). The van der Waals surface area contributed by atoms with E-state index in [0.717, 1.165) is 54.2 Å². The molecular weight excluding hydrogens is 635 g/mol. The van der Waals surface area contributed by atoms with Gasteiger partial charge in [-0.05, 0) is 54.1 Å². The minimum absolute atomic E-state index is 0.200. The molecule has 0 spiro atoms. The Bertz CT molecular complexity index is 2450. The van der Waals surface area contributed by atoms with Gasteiger partial charge in [-0.25, -0.2) is 28.8 Å². The Hall–Kier alpha value is -6.21. The smallest absolute Gasteiger partial charge is 0.277 e. The Labute approximate surface area is 285 Å². The van der Waals surface area contributed by atoms with E-state index >= 15 is 0 Å². The van der Waals surface area contributed by atoms with Crippen LogP contribution in [0, 0.1) is 5.82 Å². The van der Waals surface area contributed by atoms with Gasteiger partial charge >= 0.3 is 0 Å². The Balaban J connectivity index is 0.909. The number of benzene rings is 3.